The van der Waals surface area contributed by atoms with E-state index in [1.807, 2.05) is 0 Å². The number of ether oxygens (including phenoxy) is 2. The van der Waals surface area contributed by atoms with Crippen molar-refractivity contribution >= 4 is 32.4 Å². The van der Waals surface area contributed by atoms with Crippen molar-refractivity contribution in [1.82, 2.24) is 9.55 Å². The molecule has 5 rings (SSSR count). The molecule has 0 unspecified atom stereocenters. The van der Waals surface area contributed by atoms with Crippen molar-refractivity contribution < 1.29 is 22.7 Å². The van der Waals surface area contributed by atoms with Gasteiger partial charge in [-0.1, -0.05) is 12.1 Å². The fraction of sp³-hybridized carbons (Fsp3) is 0.0870. The molecule has 33 heavy (non-hydrogen) atoms. The maximum Gasteiger partial charge on any atom is 0.266 e. The first-order valence-corrected chi connectivity index (χ1v) is 11.3. The number of para-hydroxylation sites is 1. The van der Waals surface area contributed by atoms with E-state index >= 15 is 0 Å². The first-order valence-electron chi connectivity index (χ1n) is 9.80. The van der Waals surface area contributed by atoms with Crippen molar-refractivity contribution in [2.45, 2.75) is 4.90 Å². The lowest BCUT2D eigenvalue weighted by atomic mass is 10.1. The van der Waals surface area contributed by atoms with Gasteiger partial charge in [-0.15, -0.1) is 0 Å². The van der Waals surface area contributed by atoms with Crippen molar-refractivity contribution in [3.05, 3.63) is 82.4 Å². The second kappa shape index (κ2) is 7.45. The Morgan fingerprint density at radius 3 is 2.42 bits per heavy atom. The van der Waals surface area contributed by atoms with E-state index in [4.69, 9.17) is 9.47 Å². The Labute approximate surface area is 188 Å². The highest BCUT2D eigenvalue weighted by molar-refractivity contribution is 7.92. The van der Waals surface area contributed by atoms with Crippen LogP contribution in [0.1, 0.15) is 16.2 Å². The van der Waals surface area contributed by atoms with E-state index in [9.17, 15) is 18.0 Å². The Hall–Kier alpha value is -4.18. The van der Waals surface area contributed by atoms with Gasteiger partial charge in [-0.2, -0.15) is 0 Å². The van der Waals surface area contributed by atoms with E-state index in [1.54, 1.807) is 24.3 Å². The zero-order valence-electron chi connectivity index (χ0n) is 17.5. The van der Waals surface area contributed by atoms with E-state index in [1.165, 1.54) is 55.2 Å². The summed E-state index contributed by atoms with van der Waals surface area (Å²) in [7, 11) is -1.13. The van der Waals surface area contributed by atoms with E-state index in [0.717, 1.165) is 0 Å². The number of aromatic nitrogens is 2. The third-order valence-electron chi connectivity index (χ3n) is 5.38. The third kappa shape index (κ3) is 3.23. The standard InChI is InChI=1S/C23H17N3O6S/c1-31-19-10-8-14(12-20(19)32-2)33(29,30)25-13-7-9-17-16(11-13)23(28)26-18-6-4-3-5-15(18)21(27)22(26)24-17/h3-12,25H,1-2H3. The summed E-state index contributed by atoms with van der Waals surface area (Å²) >= 11 is 0. The number of nitrogens with one attached hydrogen (secondary N) is 1. The van der Waals surface area contributed by atoms with Gasteiger partial charge < -0.3 is 9.47 Å². The third-order valence-corrected chi connectivity index (χ3v) is 6.76. The Bertz CT molecular complexity index is 1630. The number of rotatable bonds is 5. The van der Waals surface area contributed by atoms with E-state index in [2.05, 4.69) is 9.71 Å². The molecule has 0 saturated heterocycles. The van der Waals surface area contributed by atoms with Gasteiger partial charge in [0.05, 0.1) is 41.3 Å². The number of anilines is 1. The molecule has 4 aromatic rings. The van der Waals surface area contributed by atoms with Crippen LogP contribution in [0.3, 0.4) is 0 Å². The fourth-order valence-electron chi connectivity index (χ4n) is 3.80. The van der Waals surface area contributed by atoms with Crippen molar-refractivity contribution in [3.8, 4) is 17.2 Å². The minimum absolute atomic E-state index is 0.0346. The van der Waals surface area contributed by atoms with E-state index < -0.39 is 15.6 Å². The quantitative estimate of drug-likeness (QED) is 0.426. The predicted molar refractivity (Wildman–Crippen MR) is 121 cm³/mol. The van der Waals surface area contributed by atoms with Gasteiger partial charge in [-0.25, -0.2) is 13.4 Å². The molecule has 0 aliphatic carbocycles. The van der Waals surface area contributed by atoms with Gasteiger partial charge in [0, 0.05) is 11.8 Å². The highest BCUT2D eigenvalue weighted by Crippen LogP contribution is 2.31. The van der Waals surface area contributed by atoms with Crippen LogP contribution in [-0.2, 0) is 10.0 Å². The Kier molecular flexibility index (Phi) is 4.68. The molecule has 1 aromatic heterocycles. The molecule has 1 aliphatic rings. The first-order chi connectivity index (χ1) is 15.8. The molecule has 0 radical (unpaired) electrons. The molecule has 1 N–H and O–H groups in total. The van der Waals surface area contributed by atoms with Crippen LogP contribution < -0.4 is 19.8 Å². The summed E-state index contributed by atoms with van der Waals surface area (Å²) in [6.45, 7) is 0. The number of sulfonamides is 1. The molecule has 1 aliphatic heterocycles. The lowest BCUT2D eigenvalue weighted by Gasteiger charge is -2.12. The van der Waals surface area contributed by atoms with E-state index in [-0.39, 0.29) is 33.3 Å². The Morgan fingerprint density at radius 1 is 0.909 bits per heavy atom. The minimum Gasteiger partial charge on any atom is -0.493 e. The van der Waals surface area contributed by atoms with Crippen molar-refractivity contribution in [2.75, 3.05) is 18.9 Å². The number of ketones is 1. The zero-order chi connectivity index (χ0) is 23.3. The fourth-order valence-corrected chi connectivity index (χ4v) is 4.87. The second-order valence-electron chi connectivity index (χ2n) is 7.28. The smallest absolute Gasteiger partial charge is 0.266 e. The number of carbonyl (C=O) groups excluding carboxylic acids is 1. The average molecular weight is 463 g/mol. The number of nitrogens with zero attached hydrogens (tertiary/aromatic N) is 2. The summed E-state index contributed by atoms with van der Waals surface area (Å²) in [6, 6.07) is 15.4. The lowest BCUT2D eigenvalue weighted by molar-refractivity contribution is 0.103. The summed E-state index contributed by atoms with van der Waals surface area (Å²) in [5.74, 6) is 0.361. The van der Waals surface area contributed by atoms with Crippen molar-refractivity contribution in [1.29, 1.82) is 0 Å². The van der Waals surface area contributed by atoms with Crippen LogP contribution in [0.2, 0.25) is 0 Å². The largest absolute Gasteiger partial charge is 0.493 e. The normalized spacial score (nSPS) is 12.4. The molecule has 0 atom stereocenters. The van der Waals surface area contributed by atoms with Crippen LogP contribution in [0.15, 0.2) is 70.4 Å². The Balaban J connectivity index is 1.58. The lowest BCUT2D eigenvalue weighted by Crippen LogP contribution is -2.22. The zero-order valence-corrected chi connectivity index (χ0v) is 18.3. The van der Waals surface area contributed by atoms with Gasteiger partial charge in [-0.3, -0.25) is 18.9 Å². The SMILES string of the molecule is COc1ccc(S(=O)(=O)Nc2ccc3nc4n(c(=O)c3c2)-c2ccccc2C4=O)cc1OC. The number of carbonyl (C=O) groups is 1. The van der Waals surface area contributed by atoms with Gasteiger partial charge >= 0.3 is 0 Å². The van der Waals surface area contributed by atoms with E-state index in [0.29, 0.717) is 22.5 Å². The predicted octanol–water partition coefficient (Wildman–Crippen LogP) is 2.75. The van der Waals surface area contributed by atoms with Crippen LogP contribution in [0, 0.1) is 0 Å². The van der Waals surface area contributed by atoms with Crippen LogP contribution in [0.25, 0.3) is 16.6 Å². The van der Waals surface area contributed by atoms with Crippen molar-refractivity contribution in [3.63, 3.8) is 0 Å². The molecule has 0 saturated carbocycles. The summed E-state index contributed by atoms with van der Waals surface area (Å²) in [5, 5.41) is 0.177. The Morgan fingerprint density at radius 2 is 1.67 bits per heavy atom. The van der Waals surface area contributed by atoms with Crippen LogP contribution in [0.4, 0.5) is 5.69 Å². The average Bonchev–Trinajstić information content (AvgIpc) is 3.11. The molecule has 0 amide bonds. The summed E-state index contributed by atoms with van der Waals surface area (Å²) in [6.07, 6.45) is 0. The van der Waals surface area contributed by atoms with Crippen molar-refractivity contribution in [2.24, 2.45) is 0 Å². The highest BCUT2D eigenvalue weighted by atomic mass is 32.2. The van der Waals surface area contributed by atoms with Gasteiger partial charge in [0.25, 0.3) is 15.6 Å². The first kappa shape index (κ1) is 20.7. The molecular formula is C23H17N3O6S. The number of hydrogen-bond acceptors (Lipinski definition) is 7. The molecular weight excluding hydrogens is 446 g/mol. The number of methoxy groups -OCH3 is 2. The summed E-state index contributed by atoms with van der Waals surface area (Å²) in [5.41, 5.74) is 0.858. The number of hydrogen-bond donors (Lipinski definition) is 1. The topological polar surface area (TPSA) is 117 Å². The van der Waals surface area contributed by atoms with Crippen LogP contribution >= 0.6 is 0 Å². The minimum atomic E-state index is -3.99. The van der Waals surface area contributed by atoms with Gasteiger partial charge in [0.15, 0.2) is 17.3 Å². The molecule has 0 spiro atoms. The molecule has 0 fully saturated rings. The molecule has 166 valence electrons. The monoisotopic (exact) mass is 463 g/mol. The maximum absolute atomic E-state index is 13.2. The van der Waals surface area contributed by atoms with Gasteiger partial charge in [0.1, 0.15) is 0 Å². The molecule has 2 heterocycles. The van der Waals surface area contributed by atoms with Crippen LogP contribution in [-0.4, -0.2) is 38.0 Å². The molecule has 0 bridgehead atoms. The highest BCUT2D eigenvalue weighted by Gasteiger charge is 2.30. The second-order valence-corrected chi connectivity index (χ2v) is 8.96. The molecule has 9 nitrogen and oxygen atoms in total. The number of fused-ring (bicyclic) bond motifs is 4. The van der Waals surface area contributed by atoms with Gasteiger partial charge in [-0.05, 0) is 42.5 Å². The van der Waals surface area contributed by atoms with Gasteiger partial charge in [0.2, 0.25) is 5.78 Å². The summed E-state index contributed by atoms with van der Waals surface area (Å²) in [4.78, 5) is 30.2. The van der Waals surface area contributed by atoms with Crippen LogP contribution in [0.5, 0.6) is 11.5 Å². The number of benzene rings is 3. The molecule has 3 aromatic carbocycles. The maximum atomic E-state index is 13.2. The summed E-state index contributed by atoms with van der Waals surface area (Å²) < 4.78 is 39.9. The molecule has 10 heteroatoms.